The molecule has 2 heterocycles. The highest BCUT2D eigenvalue weighted by molar-refractivity contribution is 7.92. The van der Waals surface area contributed by atoms with Gasteiger partial charge in [-0.2, -0.15) is 31.1 Å². The number of nitrogens with zero attached hydrogens (tertiary/aromatic N) is 4. The summed E-state index contributed by atoms with van der Waals surface area (Å²) in [6, 6.07) is 4.93. The molecule has 1 aromatic carbocycles. The Morgan fingerprint density at radius 2 is 1.77 bits per heavy atom. The fourth-order valence-corrected chi connectivity index (χ4v) is 3.63. The van der Waals surface area contributed by atoms with Crippen LogP contribution in [0.5, 0.6) is 0 Å². The Labute approximate surface area is 154 Å². The molecule has 0 radical (unpaired) electrons. The molecular weight excluding hydrogens is 418 g/mol. The van der Waals surface area contributed by atoms with Gasteiger partial charge in [0.15, 0.2) is 5.65 Å². The standard InChI is InChI=1S/C13H8Cl2F3N5O2S/c1-6-19-9(13(16,17)18)5-10-20-12(21-23(6)10)26(24,25)22-11-7(14)3-2-4-8(11)15/h2-5,22H,1H3. The summed E-state index contributed by atoms with van der Waals surface area (Å²) in [5.74, 6) is -0.181. The van der Waals surface area contributed by atoms with Gasteiger partial charge in [-0.3, -0.25) is 4.72 Å². The van der Waals surface area contributed by atoms with Crippen LogP contribution in [0.25, 0.3) is 5.65 Å². The molecule has 0 amide bonds. The lowest BCUT2D eigenvalue weighted by Gasteiger charge is -2.08. The number of anilines is 1. The third kappa shape index (κ3) is 3.41. The summed E-state index contributed by atoms with van der Waals surface area (Å²) in [7, 11) is -4.36. The van der Waals surface area contributed by atoms with Crippen molar-refractivity contribution in [2.45, 2.75) is 18.3 Å². The topological polar surface area (TPSA) is 89.2 Å². The van der Waals surface area contributed by atoms with Gasteiger partial charge in [-0.15, -0.1) is 5.10 Å². The molecule has 0 saturated carbocycles. The number of fused-ring (bicyclic) bond motifs is 1. The predicted molar refractivity (Wildman–Crippen MR) is 87.8 cm³/mol. The third-order valence-corrected chi connectivity index (χ3v) is 4.95. The zero-order chi connectivity index (χ0) is 19.3. The summed E-state index contributed by atoms with van der Waals surface area (Å²) in [5, 5.41) is 3.01. The van der Waals surface area contributed by atoms with Gasteiger partial charge in [-0.05, 0) is 19.1 Å². The maximum absolute atomic E-state index is 12.8. The highest BCUT2D eigenvalue weighted by Crippen LogP contribution is 2.32. The zero-order valence-electron chi connectivity index (χ0n) is 12.7. The van der Waals surface area contributed by atoms with E-state index in [9.17, 15) is 21.6 Å². The van der Waals surface area contributed by atoms with Crippen LogP contribution in [0.4, 0.5) is 18.9 Å². The largest absolute Gasteiger partial charge is 0.433 e. The first-order valence-corrected chi connectivity index (χ1v) is 9.01. The van der Waals surface area contributed by atoms with Crippen molar-refractivity contribution < 1.29 is 21.6 Å². The van der Waals surface area contributed by atoms with Gasteiger partial charge in [-0.25, -0.2) is 4.98 Å². The number of hydrogen-bond donors (Lipinski definition) is 1. The number of rotatable bonds is 3. The Hall–Kier alpha value is -2.11. The van der Waals surface area contributed by atoms with Crippen LogP contribution in [-0.4, -0.2) is 28.0 Å². The normalized spacial score (nSPS) is 12.5. The number of alkyl halides is 3. The number of hydrogen-bond acceptors (Lipinski definition) is 5. The Bertz CT molecular complexity index is 1090. The smallest absolute Gasteiger partial charge is 0.274 e. The first-order chi connectivity index (χ1) is 12.0. The van der Waals surface area contributed by atoms with E-state index in [-0.39, 0.29) is 27.2 Å². The lowest BCUT2D eigenvalue weighted by atomic mass is 10.3. The van der Waals surface area contributed by atoms with Crippen LogP contribution < -0.4 is 4.72 Å². The van der Waals surface area contributed by atoms with Crippen LogP contribution in [0.15, 0.2) is 29.4 Å². The van der Waals surface area contributed by atoms with Crippen LogP contribution in [0, 0.1) is 6.92 Å². The summed E-state index contributed by atoms with van der Waals surface area (Å²) in [6.45, 7) is 1.24. The van der Waals surface area contributed by atoms with Gasteiger partial charge in [0, 0.05) is 6.07 Å². The van der Waals surface area contributed by atoms with Gasteiger partial charge in [0.25, 0.3) is 15.2 Å². The van der Waals surface area contributed by atoms with Crippen molar-refractivity contribution in [1.29, 1.82) is 0 Å². The maximum Gasteiger partial charge on any atom is 0.433 e. The number of aryl methyl sites for hydroxylation is 1. The highest BCUT2D eigenvalue weighted by Gasteiger charge is 2.34. The van der Waals surface area contributed by atoms with E-state index >= 15 is 0 Å². The Morgan fingerprint density at radius 1 is 1.15 bits per heavy atom. The average Bonchev–Trinajstić information content (AvgIpc) is 2.96. The molecule has 0 aliphatic heterocycles. The molecule has 0 aliphatic rings. The lowest BCUT2D eigenvalue weighted by Crippen LogP contribution is -2.15. The average molecular weight is 426 g/mol. The molecule has 0 bridgehead atoms. The lowest BCUT2D eigenvalue weighted by molar-refractivity contribution is -0.141. The molecule has 0 atom stereocenters. The predicted octanol–water partition coefficient (Wildman–Crippen LogP) is 3.56. The van der Waals surface area contributed by atoms with E-state index in [0.29, 0.717) is 6.07 Å². The fraction of sp³-hybridized carbons (Fsp3) is 0.154. The highest BCUT2D eigenvalue weighted by atomic mass is 35.5. The van der Waals surface area contributed by atoms with Gasteiger partial charge in [-0.1, -0.05) is 29.3 Å². The Balaban J connectivity index is 2.08. The van der Waals surface area contributed by atoms with E-state index in [4.69, 9.17) is 23.2 Å². The zero-order valence-corrected chi connectivity index (χ0v) is 15.0. The van der Waals surface area contributed by atoms with Crippen molar-refractivity contribution in [3.8, 4) is 0 Å². The van der Waals surface area contributed by atoms with Crippen molar-refractivity contribution in [2.75, 3.05) is 4.72 Å². The van der Waals surface area contributed by atoms with Gasteiger partial charge in [0.2, 0.25) is 0 Å². The van der Waals surface area contributed by atoms with Crippen molar-refractivity contribution in [3.63, 3.8) is 0 Å². The molecule has 0 spiro atoms. The monoisotopic (exact) mass is 425 g/mol. The van der Waals surface area contributed by atoms with E-state index in [1.165, 1.54) is 25.1 Å². The number of sulfonamides is 1. The summed E-state index contributed by atoms with van der Waals surface area (Å²) < 4.78 is 66.4. The van der Waals surface area contributed by atoms with E-state index in [2.05, 4.69) is 19.8 Å². The first kappa shape index (κ1) is 18.7. The van der Waals surface area contributed by atoms with Crippen LogP contribution >= 0.6 is 23.2 Å². The molecule has 13 heteroatoms. The number of nitrogens with one attached hydrogen (secondary N) is 1. The van der Waals surface area contributed by atoms with Crippen molar-refractivity contribution in [1.82, 2.24) is 19.6 Å². The molecule has 2 aromatic heterocycles. The van der Waals surface area contributed by atoms with Crippen LogP contribution in [0.3, 0.4) is 0 Å². The SMILES string of the molecule is Cc1nc(C(F)(F)F)cc2nc(S(=O)(=O)Nc3c(Cl)cccc3Cl)nn12. The molecule has 3 aromatic rings. The van der Waals surface area contributed by atoms with Gasteiger partial charge in [0.05, 0.1) is 15.7 Å². The van der Waals surface area contributed by atoms with Crippen molar-refractivity contribution in [2.24, 2.45) is 0 Å². The molecule has 3 rings (SSSR count). The second-order valence-electron chi connectivity index (χ2n) is 5.05. The quantitative estimate of drug-likeness (QED) is 0.692. The fourth-order valence-electron chi connectivity index (χ4n) is 2.05. The number of halogens is 5. The second kappa shape index (κ2) is 6.25. The molecule has 0 aliphatic carbocycles. The van der Waals surface area contributed by atoms with Crippen LogP contribution in [-0.2, 0) is 16.2 Å². The van der Waals surface area contributed by atoms with Gasteiger partial charge >= 0.3 is 6.18 Å². The maximum atomic E-state index is 12.8. The van der Waals surface area contributed by atoms with E-state index in [1.54, 1.807) is 0 Å². The minimum Gasteiger partial charge on any atom is -0.274 e. The molecule has 0 saturated heterocycles. The van der Waals surface area contributed by atoms with E-state index in [0.717, 1.165) is 4.52 Å². The molecule has 0 unspecified atom stereocenters. The third-order valence-electron chi connectivity index (χ3n) is 3.20. The molecule has 0 fully saturated rings. The summed E-state index contributed by atoms with van der Waals surface area (Å²) in [6.07, 6.45) is -4.71. The van der Waals surface area contributed by atoms with Crippen LogP contribution in [0.2, 0.25) is 10.0 Å². The molecule has 1 N–H and O–H groups in total. The van der Waals surface area contributed by atoms with E-state index in [1.807, 2.05) is 0 Å². The molecule has 26 heavy (non-hydrogen) atoms. The Morgan fingerprint density at radius 3 is 2.35 bits per heavy atom. The number of para-hydroxylation sites is 1. The minimum absolute atomic E-state index is 0.0297. The number of aromatic nitrogens is 4. The van der Waals surface area contributed by atoms with Crippen molar-refractivity contribution in [3.05, 3.63) is 45.8 Å². The van der Waals surface area contributed by atoms with Gasteiger partial charge in [0.1, 0.15) is 11.5 Å². The summed E-state index contributed by atoms with van der Waals surface area (Å²) in [5.41, 5.74) is -1.63. The number of benzene rings is 1. The van der Waals surface area contributed by atoms with Crippen LogP contribution in [0.1, 0.15) is 11.5 Å². The minimum atomic E-state index is -4.71. The first-order valence-electron chi connectivity index (χ1n) is 6.77. The second-order valence-corrected chi connectivity index (χ2v) is 7.44. The van der Waals surface area contributed by atoms with Crippen molar-refractivity contribution >= 4 is 44.6 Å². The molecule has 138 valence electrons. The van der Waals surface area contributed by atoms with E-state index < -0.39 is 27.0 Å². The summed E-state index contributed by atoms with van der Waals surface area (Å²) >= 11 is 11.8. The molecule has 7 nitrogen and oxygen atoms in total. The van der Waals surface area contributed by atoms with Gasteiger partial charge < -0.3 is 0 Å². The molecular formula is C13H8Cl2F3N5O2S. The summed E-state index contributed by atoms with van der Waals surface area (Å²) in [4.78, 5) is 7.01. The Kier molecular flexibility index (Phi) is 4.49.